The largest absolute Gasteiger partial charge is 0.465 e. The molecule has 0 unspecified atom stereocenters. The van der Waals surface area contributed by atoms with Crippen molar-refractivity contribution in [3.8, 4) is 6.07 Å². The molecule has 0 fully saturated rings. The van der Waals surface area contributed by atoms with Crippen molar-refractivity contribution in [2.45, 2.75) is 0 Å². The van der Waals surface area contributed by atoms with Gasteiger partial charge in [0.1, 0.15) is 11.9 Å². The topological polar surface area (TPSA) is 62.1 Å². The van der Waals surface area contributed by atoms with Crippen molar-refractivity contribution >= 4 is 11.7 Å². The summed E-state index contributed by atoms with van der Waals surface area (Å²) in [7, 11) is 1.19. The van der Waals surface area contributed by atoms with Crippen molar-refractivity contribution in [2.24, 2.45) is 0 Å². The van der Waals surface area contributed by atoms with E-state index in [4.69, 9.17) is 5.26 Å². The molecule has 0 aromatic heterocycles. The van der Waals surface area contributed by atoms with Gasteiger partial charge < -0.3 is 10.1 Å². The Balaban J connectivity index is 2.75. The normalized spacial score (nSPS) is 10.4. The van der Waals surface area contributed by atoms with E-state index in [0.717, 1.165) is 0 Å². The molecule has 1 rings (SSSR count). The fraction of sp³-hybridized carbons (Fsp3) is 0.0909. The van der Waals surface area contributed by atoms with E-state index in [1.54, 1.807) is 6.07 Å². The van der Waals surface area contributed by atoms with Crippen LogP contribution >= 0.6 is 0 Å². The number of hydrogen-bond acceptors (Lipinski definition) is 4. The molecule has 1 aromatic carbocycles. The summed E-state index contributed by atoms with van der Waals surface area (Å²) in [5, 5.41) is 11.3. The number of nitrogens with zero attached hydrogens (tertiary/aromatic N) is 1. The number of benzene rings is 1. The van der Waals surface area contributed by atoms with Crippen LogP contribution < -0.4 is 5.32 Å². The highest BCUT2D eigenvalue weighted by Gasteiger charge is 2.07. The second kappa shape index (κ2) is 5.51. The maximum atomic E-state index is 12.6. The zero-order valence-corrected chi connectivity index (χ0v) is 8.53. The molecule has 0 saturated heterocycles. The number of methoxy groups -OCH3 is 1. The molecule has 0 aliphatic heterocycles. The molecule has 16 heavy (non-hydrogen) atoms. The van der Waals surface area contributed by atoms with Gasteiger partial charge in [0.25, 0.3) is 0 Å². The Hall–Kier alpha value is -2.35. The predicted octanol–water partition coefficient (Wildman–Crippen LogP) is 1.82. The van der Waals surface area contributed by atoms with Gasteiger partial charge in [-0.1, -0.05) is 0 Å². The summed E-state index contributed by atoms with van der Waals surface area (Å²) < 4.78 is 16.9. The highest BCUT2D eigenvalue weighted by atomic mass is 19.1. The standard InChI is InChI=1S/C11H9FN2O2/c1-16-11(15)8(6-13)7-14-10-4-2-9(12)3-5-10/h2-5,7,14H,1H3/b8-7+. The quantitative estimate of drug-likeness (QED) is 0.479. The van der Waals surface area contributed by atoms with Gasteiger partial charge in [-0.2, -0.15) is 5.26 Å². The lowest BCUT2D eigenvalue weighted by molar-refractivity contribution is -0.135. The van der Waals surface area contributed by atoms with E-state index in [1.165, 1.54) is 37.6 Å². The minimum atomic E-state index is -0.725. The molecular weight excluding hydrogens is 211 g/mol. The van der Waals surface area contributed by atoms with Gasteiger partial charge >= 0.3 is 5.97 Å². The summed E-state index contributed by atoms with van der Waals surface area (Å²) in [4.78, 5) is 11.0. The Kier molecular flexibility index (Phi) is 4.04. The number of anilines is 1. The Morgan fingerprint density at radius 2 is 2.12 bits per heavy atom. The maximum absolute atomic E-state index is 12.6. The number of carbonyl (C=O) groups is 1. The number of ether oxygens (including phenoxy) is 1. The molecule has 0 aliphatic rings. The average Bonchev–Trinajstić information content (AvgIpc) is 2.31. The van der Waals surface area contributed by atoms with Crippen LogP contribution in [0.4, 0.5) is 10.1 Å². The first kappa shape index (κ1) is 11.7. The molecule has 1 aromatic rings. The number of hydrogen-bond donors (Lipinski definition) is 1. The fourth-order valence-electron chi connectivity index (χ4n) is 0.948. The van der Waals surface area contributed by atoms with E-state index in [9.17, 15) is 9.18 Å². The molecule has 1 N–H and O–H groups in total. The summed E-state index contributed by atoms with van der Waals surface area (Å²) in [5.74, 6) is -1.08. The zero-order chi connectivity index (χ0) is 12.0. The lowest BCUT2D eigenvalue weighted by Gasteiger charge is -2.01. The smallest absolute Gasteiger partial charge is 0.350 e. The van der Waals surface area contributed by atoms with Gasteiger partial charge in [-0.25, -0.2) is 9.18 Å². The van der Waals surface area contributed by atoms with Crippen LogP contribution in [-0.2, 0) is 9.53 Å². The number of nitriles is 1. The van der Waals surface area contributed by atoms with E-state index in [1.807, 2.05) is 0 Å². The Bertz CT molecular complexity index is 446. The second-order valence-electron chi connectivity index (χ2n) is 2.81. The first-order valence-corrected chi connectivity index (χ1v) is 4.38. The van der Waals surface area contributed by atoms with Crippen molar-refractivity contribution in [1.82, 2.24) is 0 Å². The Morgan fingerprint density at radius 3 is 2.62 bits per heavy atom. The highest BCUT2D eigenvalue weighted by Crippen LogP contribution is 2.08. The van der Waals surface area contributed by atoms with Gasteiger partial charge in [0.15, 0.2) is 5.57 Å². The van der Waals surface area contributed by atoms with Crippen LogP contribution in [-0.4, -0.2) is 13.1 Å². The highest BCUT2D eigenvalue weighted by molar-refractivity contribution is 5.92. The molecule has 0 aliphatic carbocycles. The SMILES string of the molecule is COC(=O)/C(C#N)=C/Nc1ccc(F)cc1. The first-order chi connectivity index (χ1) is 7.67. The lowest BCUT2D eigenvalue weighted by Crippen LogP contribution is -2.05. The third-order valence-electron chi connectivity index (χ3n) is 1.75. The molecular formula is C11H9FN2O2. The Labute approximate surface area is 91.9 Å². The second-order valence-corrected chi connectivity index (χ2v) is 2.81. The van der Waals surface area contributed by atoms with Crippen LogP contribution in [0.1, 0.15) is 0 Å². The minimum Gasteiger partial charge on any atom is -0.465 e. The molecule has 5 heteroatoms. The van der Waals surface area contributed by atoms with Crippen LogP contribution in [0.3, 0.4) is 0 Å². The number of esters is 1. The number of nitrogens with one attached hydrogen (secondary N) is 1. The van der Waals surface area contributed by atoms with Crippen molar-refractivity contribution in [2.75, 3.05) is 12.4 Å². The van der Waals surface area contributed by atoms with Crippen molar-refractivity contribution in [1.29, 1.82) is 5.26 Å². The molecule has 0 spiro atoms. The predicted molar refractivity (Wildman–Crippen MR) is 55.7 cm³/mol. The summed E-state index contributed by atoms with van der Waals surface area (Å²) in [6.45, 7) is 0. The third-order valence-corrected chi connectivity index (χ3v) is 1.75. The van der Waals surface area contributed by atoms with Crippen LogP contribution in [0, 0.1) is 17.1 Å². The lowest BCUT2D eigenvalue weighted by atomic mass is 10.3. The summed E-state index contributed by atoms with van der Waals surface area (Å²) >= 11 is 0. The van der Waals surface area contributed by atoms with Gasteiger partial charge in [0, 0.05) is 11.9 Å². The summed E-state index contributed by atoms with van der Waals surface area (Å²) in [6, 6.07) is 7.18. The van der Waals surface area contributed by atoms with E-state index in [-0.39, 0.29) is 11.4 Å². The van der Waals surface area contributed by atoms with E-state index >= 15 is 0 Å². The number of halogens is 1. The number of rotatable bonds is 3. The molecule has 4 nitrogen and oxygen atoms in total. The van der Waals surface area contributed by atoms with Gasteiger partial charge in [-0.3, -0.25) is 0 Å². The molecule has 0 saturated carbocycles. The van der Waals surface area contributed by atoms with Crippen LogP contribution in [0.15, 0.2) is 36.0 Å². The molecule has 0 atom stereocenters. The Morgan fingerprint density at radius 1 is 1.50 bits per heavy atom. The molecule has 0 heterocycles. The zero-order valence-electron chi connectivity index (χ0n) is 8.53. The van der Waals surface area contributed by atoms with Crippen LogP contribution in [0.2, 0.25) is 0 Å². The first-order valence-electron chi connectivity index (χ1n) is 4.38. The van der Waals surface area contributed by atoms with Gasteiger partial charge in [0.05, 0.1) is 7.11 Å². The van der Waals surface area contributed by atoms with Gasteiger partial charge in [0.2, 0.25) is 0 Å². The molecule has 0 radical (unpaired) electrons. The van der Waals surface area contributed by atoms with E-state index < -0.39 is 5.97 Å². The van der Waals surface area contributed by atoms with Crippen LogP contribution in [0.5, 0.6) is 0 Å². The minimum absolute atomic E-state index is 0.160. The van der Waals surface area contributed by atoms with Crippen molar-refractivity contribution in [3.05, 3.63) is 41.9 Å². The average molecular weight is 220 g/mol. The van der Waals surface area contributed by atoms with Crippen molar-refractivity contribution in [3.63, 3.8) is 0 Å². The summed E-state index contributed by atoms with van der Waals surface area (Å²) in [6.07, 6.45) is 1.21. The molecule has 0 amide bonds. The van der Waals surface area contributed by atoms with Gasteiger partial charge in [-0.05, 0) is 24.3 Å². The van der Waals surface area contributed by atoms with Crippen LogP contribution in [0.25, 0.3) is 0 Å². The monoisotopic (exact) mass is 220 g/mol. The van der Waals surface area contributed by atoms with E-state index in [2.05, 4.69) is 10.1 Å². The van der Waals surface area contributed by atoms with Crippen molar-refractivity contribution < 1.29 is 13.9 Å². The van der Waals surface area contributed by atoms with Gasteiger partial charge in [-0.15, -0.1) is 0 Å². The molecule has 82 valence electrons. The fourth-order valence-corrected chi connectivity index (χ4v) is 0.948. The van der Waals surface area contributed by atoms with E-state index in [0.29, 0.717) is 5.69 Å². The number of carbonyl (C=O) groups excluding carboxylic acids is 1. The summed E-state index contributed by atoms with van der Waals surface area (Å²) in [5.41, 5.74) is 0.407. The maximum Gasteiger partial charge on any atom is 0.350 e. The third kappa shape index (κ3) is 3.10. The molecule has 0 bridgehead atoms.